The minimum atomic E-state index is -0.770. The van der Waals surface area contributed by atoms with Crippen LogP contribution < -0.4 is 15.4 Å². The van der Waals surface area contributed by atoms with E-state index in [1.165, 1.54) is 6.07 Å². The minimum Gasteiger partial charge on any atom is -0.486 e. The molecule has 5 rings (SSSR count). The topological polar surface area (TPSA) is 115 Å². The Balaban J connectivity index is 1.34. The van der Waals surface area contributed by atoms with Crippen molar-refractivity contribution in [2.24, 2.45) is 0 Å². The van der Waals surface area contributed by atoms with Gasteiger partial charge in [0.15, 0.2) is 17.2 Å². The lowest BCUT2D eigenvalue weighted by Crippen LogP contribution is -2.28. The van der Waals surface area contributed by atoms with E-state index in [2.05, 4.69) is 20.7 Å². The van der Waals surface area contributed by atoms with Gasteiger partial charge >= 0.3 is 0 Å². The number of hydrogen-bond donors (Lipinski definition) is 2. The first-order chi connectivity index (χ1) is 17.8. The summed E-state index contributed by atoms with van der Waals surface area (Å²) < 4.78 is 20.8. The van der Waals surface area contributed by atoms with E-state index in [1.807, 2.05) is 19.1 Å². The number of hydrogen-bond acceptors (Lipinski definition) is 6. The van der Waals surface area contributed by atoms with E-state index in [4.69, 9.17) is 16.3 Å². The number of halogens is 2. The largest absolute Gasteiger partial charge is 0.486 e. The molecule has 188 valence electrons. The van der Waals surface area contributed by atoms with Gasteiger partial charge in [-0.25, -0.2) is 13.9 Å². The number of amides is 2. The van der Waals surface area contributed by atoms with E-state index >= 15 is 0 Å². The maximum atomic E-state index is 14.3. The second-order valence-corrected chi connectivity index (χ2v) is 9.06. The lowest BCUT2D eigenvalue weighted by Gasteiger charge is -2.17. The van der Waals surface area contributed by atoms with Gasteiger partial charge in [0.05, 0.1) is 6.20 Å². The molecule has 0 atom stereocenters. The first-order valence-electron chi connectivity index (χ1n) is 11.4. The van der Waals surface area contributed by atoms with Gasteiger partial charge in [0.2, 0.25) is 0 Å². The molecule has 1 aliphatic heterocycles. The van der Waals surface area contributed by atoms with Crippen LogP contribution in [0.4, 0.5) is 4.39 Å². The van der Waals surface area contributed by atoms with Crippen LogP contribution >= 0.6 is 11.6 Å². The molecule has 2 amide bonds. The number of carbonyl (C=O) groups excluding carboxylic acids is 3. The van der Waals surface area contributed by atoms with Crippen LogP contribution in [0.15, 0.2) is 48.7 Å². The van der Waals surface area contributed by atoms with Crippen molar-refractivity contribution in [2.45, 2.75) is 26.4 Å². The third kappa shape index (κ3) is 5.14. The first kappa shape index (κ1) is 24.4. The van der Waals surface area contributed by atoms with Crippen LogP contribution in [-0.4, -0.2) is 38.8 Å². The van der Waals surface area contributed by atoms with E-state index in [0.717, 1.165) is 33.0 Å². The molecule has 0 saturated carbocycles. The van der Waals surface area contributed by atoms with Crippen molar-refractivity contribution in [3.05, 3.63) is 93.1 Å². The lowest BCUT2D eigenvalue weighted by atomic mass is 10.0. The Kier molecular flexibility index (Phi) is 6.58. The first-order valence-corrected chi connectivity index (χ1v) is 11.8. The van der Waals surface area contributed by atoms with Gasteiger partial charge in [0.1, 0.15) is 23.7 Å². The summed E-state index contributed by atoms with van der Waals surface area (Å²) in [6.45, 7) is 2.22. The van der Waals surface area contributed by atoms with Gasteiger partial charge in [-0.3, -0.25) is 14.4 Å². The Bertz CT molecular complexity index is 1570. The number of ether oxygens (including phenoxy) is 1. The molecular weight excluding hydrogens is 501 g/mol. The summed E-state index contributed by atoms with van der Waals surface area (Å²) in [7, 11) is 0. The number of carbonyl (C=O) groups is 3. The molecule has 2 aromatic heterocycles. The Morgan fingerprint density at radius 1 is 1.08 bits per heavy atom. The summed E-state index contributed by atoms with van der Waals surface area (Å²) in [4.78, 5) is 41.6. The summed E-state index contributed by atoms with van der Waals surface area (Å²) in [5.74, 6) is -1.33. The van der Waals surface area contributed by atoms with Crippen LogP contribution in [0.25, 0.3) is 5.65 Å². The summed E-state index contributed by atoms with van der Waals surface area (Å²) in [5.41, 5.74) is 2.73. The highest BCUT2D eigenvalue weighted by Crippen LogP contribution is 2.24. The molecular formula is C26H21ClFN5O4. The Morgan fingerprint density at radius 3 is 2.59 bits per heavy atom. The molecule has 9 nitrogen and oxygen atoms in total. The maximum absolute atomic E-state index is 14.3. The molecule has 0 aliphatic carbocycles. The molecule has 2 aromatic carbocycles. The van der Waals surface area contributed by atoms with E-state index in [0.29, 0.717) is 10.8 Å². The van der Waals surface area contributed by atoms with Gasteiger partial charge in [-0.2, -0.15) is 5.10 Å². The molecule has 3 heterocycles. The average molecular weight is 522 g/mol. The molecule has 37 heavy (non-hydrogen) atoms. The lowest BCUT2D eigenvalue weighted by molar-refractivity contribution is -0.121. The highest BCUT2D eigenvalue weighted by atomic mass is 35.5. The molecule has 2 N–H and O–H groups in total. The smallest absolute Gasteiger partial charge is 0.270 e. The molecule has 0 spiro atoms. The van der Waals surface area contributed by atoms with Gasteiger partial charge in [-0.15, -0.1) is 0 Å². The zero-order valence-corrected chi connectivity index (χ0v) is 20.4. The molecule has 0 bridgehead atoms. The number of Topliss-reactive ketones (excluding diaryl/α,β-unsaturated/α-hetero) is 1. The number of benzene rings is 2. The van der Waals surface area contributed by atoms with Gasteiger partial charge in [0, 0.05) is 36.2 Å². The SMILES string of the molecule is Cc1ccc(CNC(=O)c2cc(C(=O)NCc3ccc4c(c3)CC(=O)CO4)nc3c(F)cnn23)cc1Cl. The van der Waals surface area contributed by atoms with Crippen LogP contribution in [-0.2, 0) is 24.3 Å². The predicted molar refractivity (Wildman–Crippen MR) is 132 cm³/mol. The van der Waals surface area contributed by atoms with Crippen molar-refractivity contribution in [3.63, 3.8) is 0 Å². The number of fused-ring (bicyclic) bond motifs is 2. The summed E-state index contributed by atoms with van der Waals surface area (Å²) in [6, 6.07) is 12.0. The fraction of sp³-hybridized carbons (Fsp3) is 0.192. The van der Waals surface area contributed by atoms with Crippen molar-refractivity contribution in [1.82, 2.24) is 25.2 Å². The number of nitrogens with one attached hydrogen (secondary N) is 2. The van der Waals surface area contributed by atoms with E-state index in [1.54, 1.807) is 24.3 Å². The Hall–Kier alpha value is -4.31. The van der Waals surface area contributed by atoms with Crippen LogP contribution in [0.3, 0.4) is 0 Å². The molecule has 0 fully saturated rings. The number of nitrogens with zero attached hydrogens (tertiary/aromatic N) is 3. The maximum Gasteiger partial charge on any atom is 0.270 e. The van der Waals surface area contributed by atoms with Gasteiger partial charge in [-0.1, -0.05) is 29.8 Å². The minimum absolute atomic E-state index is 0.0229. The van der Waals surface area contributed by atoms with Crippen molar-refractivity contribution in [1.29, 1.82) is 0 Å². The number of ketones is 1. The van der Waals surface area contributed by atoms with Crippen molar-refractivity contribution in [2.75, 3.05) is 6.61 Å². The third-order valence-corrected chi connectivity index (χ3v) is 6.34. The summed E-state index contributed by atoms with van der Waals surface area (Å²) in [6.07, 6.45) is 1.19. The van der Waals surface area contributed by atoms with E-state index < -0.39 is 17.6 Å². The summed E-state index contributed by atoms with van der Waals surface area (Å²) >= 11 is 6.16. The third-order valence-electron chi connectivity index (χ3n) is 5.94. The standard InChI is InChI=1S/C26H21ClFN5O4/c1-14-2-3-16(7-19(14)27)11-30-26(36)22-9-21(32-24-20(28)12-31-33(22)24)25(35)29-10-15-4-5-23-17(6-15)8-18(34)13-37-23/h2-7,9,12H,8,10-11,13H2,1H3,(H,29,35)(H,30,36). The molecule has 0 radical (unpaired) electrons. The van der Waals surface area contributed by atoms with Crippen molar-refractivity contribution in [3.8, 4) is 5.75 Å². The monoisotopic (exact) mass is 521 g/mol. The zero-order valence-electron chi connectivity index (χ0n) is 19.7. The van der Waals surface area contributed by atoms with E-state index in [9.17, 15) is 18.8 Å². The van der Waals surface area contributed by atoms with Crippen LogP contribution in [0.5, 0.6) is 5.75 Å². The number of aryl methyl sites for hydroxylation is 1. The number of rotatable bonds is 6. The average Bonchev–Trinajstić information content (AvgIpc) is 3.27. The highest BCUT2D eigenvalue weighted by molar-refractivity contribution is 6.31. The fourth-order valence-electron chi connectivity index (χ4n) is 3.95. The normalized spacial score (nSPS) is 12.7. The Morgan fingerprint density at radius 2 is 1.81 bits per heavy atom. The second-order valence-electron chi connectivity index (χ2n) is 8.65. The summed E-state index contributed by atoms with van der Waals surface area (Å²) in [5, 5.41) is 9.92. The highest BCUT2D eigenvalue weighted by Gasteiger charge is 2.21. The molecule has 0 saturated heterocycles. The van der Waals surface area contributed by atoms with E-state index in [-0.39, 0.29) is 48.9 Å². The van der Waals surface area contributed by atoms with Crippen LogP contribution in [0.2, 0.25) is 5.02 Å². The predicted octanol–water partition coefficient (Wildman–Crippen LogP) is 3.19. The quantitative estimate of drug-likeness (QED) is 0.403. The zero-order chi connectivity index (χ0) is 26.1. The fourth-order valence-corrected chi connectivity index (χ4v) is 4.15. The van der Waals surface area contributed by atoms with Crippen LogP contribution in [0, 0.1) is 12.7 Å². The molecule has 0 unspecified atom stereocenters. The molecule has 11 heteroatoms. The number of aromatic nitrogens is 3. The molecule has 4 aromatic rings. The van der Waals surface area contributed by atoms with Gasteiger partial charge < -0.3 is 15.4 Å². The van der Waals surface area contributed by atoms with Crippen molar-refractivity contribution < 1.29 is 23.5 Å². The van der Waals surface area contributed by atoms with Gasteiger partial charge in [0.25, 0.3) is 11.8 Å². The van der Waals surface area contributed by atoms with Gasteiger partial charge in [-0.05, 0) is 41.8 Å². The van der Waals surface area contributed by atoms with Crippen LogP contribution in [0.1, 0.15) is 43.2 Å². The second kappa shape index (κ2) is 9.98. The molecule has 1 aliphatic rings. The Labute approximate surface area is 215 Å². The van der Waals surface area contributed by atoms with Crippen molar-refractivity contribution >= 4 is 34.8 Å².